The highest BCUT2D eigenvalue weighted by molar-refractivity contribution is 5.81. The summed E-state index contributed by atoms with van der Waals surface area (Å²) in [6.45, 7) is 2.98. The van der Waals surface area contributed by atoms with Crippen molar-refractivity contribution in [3.63, 3.8) is 0 Å². The lowest BCUT2D eigenvalue weighted by molar-refractivity contribution is 0.455. The SMILES string of the molecule is Cc1cccc(CN(C)C(=N)C2CCCC2)c1. The number of amidine groups is 1. The molecule has 1 aliphatic rings. The molecular formula is C15H22N2. The number of hydrogen-bond acceptors (Lipinski definition) is 1. The summed E-state index contributed by atoms with van der Waals surface area (Å²) >= 11 is 0. The molecular weight excluding hydrogens is 208 g/mol. The Kier molecular flexibility index (Phi) is 3.82. The van der Waals surface area contributed by atoms with Gasteiger partial charge in [-0.05, 0) is 25.3 Å². The maximum atomic E-state index is 8.22. The topological polar surface area (TPSA) is 27.1 Å². The van der Waals surface area contributed by atoms with E-state index < -0.39 is 0 Å². The third-order valence-electron chi connectivity index (χ3n) is 3.66. The highest BCUT2D eigenvalue weighted by Gasteiger charge is 2.22. The molecule has 1 aliphatic carbocycles. The molecule has 0 unspecified atom stereocenters. The van der Waals surface area contributed by atoms with Gasteiger partial charge in [0.2, 0.25) is 0 Å². The Balaban J connectivity index is 1.96. The minimum atomic E-state index is 0.504. The fourth-order valence-electron chi connectivity index (χ4n) is 2.68. The van der Waals surface area contributed by atoms with Gasteiger partial charge in [0.05, 0.1) is 5.84 Å². The van der Waals surface area contributed by atoms with Crippen molar-refractivity contribution >= 4 is 5.84 Å². The number of nitrogens with one attached hydrogen (secondary N) is 1. The molecule has 0 spiro atoms. The maximum absolute atomic E-state index is 8.22. The average Bonchev–Trinajstić information content (AvgIpc) is 2.81. The normalized spacial score (nSPS) is 16.1. The van der Waals surface area contributed by atoms with Crippen molar-refractivity contribution in [1.29, 1.82) is 5.41 Å². The zero-order chi connectivity index (χ0) is 12.3. The molecule has 1 saturated carbocycles. The minimum Gasteiger partial charge on any atom is -0.359 e. The van der Waals surface area contributed by atoms with E-state index in [1.807, 2.05) is 7.05 Å². The van der Waals surface area contributed by atoms with Crippen LogP contribution in [0.4, 0.5) is 0 Å². The van der Waals surface area contributed by atoms with Crippen LogP contribution in [0.3, 0.4) is 0 Å². The molecule has 0 bridgehead atoms. The molecule has 1 aromatic carbocycles. The van der Waals surface area contributed by atoms with Gasteiger partial charge in [-0.3, -0.25) is 5.41 Å². The largest absolute Gasteiger partial charge is 0.359 e. The lowest BCUT2D eigenvalue weighted by Gasteiger charge is -2.24. The quantitative estimate of drug-likeness (QED) is 0.623. The van der Waals surface area contributed by atoms with E-state index in [4.69, 9.17) is 5.41 Å². The summed E-state index contributed by atoms with van der Waals surface area (Å²) in [4.78, 5) is 2.10. The summed E-state index contributed by atoms with van der Waals surface area (Å²) in [6, 6.07) is 8.56. The monoisotopic (exact) mass is 230 g/mol. The summed E-state index contributed by atoms with van der Waals surface area (Å²) in [5.41, 5.74) is 2.60. The summed E-state index contributed by atoms with van der Waals surface area (Å²) in [7, 11) is 2.04. The molecule has 0 saturated heterocycles. The molecule has 1 N–H and O–H groups in total. The number of aryl methyl sites for hydroxylation is 1. The van der Waals surface area contributed by atoms with E-state index in [1.165, 1.54) is 36.8 Å². The molecule has 1 fully saturated rings. The van der Waals surface area contributed by atoms with E-state index in [1.54, 1.807) is 0 Å². The van der Waals surface area contributed by atoms with Crippen LogP contribution in [-0.2, 0) is 6.54 Å². The van der Waals surface area contributed by atoms with E-state index in [0.717, 1.165) is 12.4 Å². The molecule has 0 atom stereocenters. The highest BCUT2D eigenvalue weighted by Crippen LogP contribution is 2.26. The third-order valence-corrected chi connectivity index (χ3v) is 3.66. The average molecular weight is 230 g/mol. The number of nitrogens with zero attached hydrogens (tertiary/aromatic N) is 1. The summed E-state index contributed by atoms with van der Waals surface area (Å²) in [6.07, 6.45) is 5.00. The first-order valence-corrected chi connectivity index (χ1v) is 6.52. The van der Waals surface area contributed by atoms with Crippen LogP contribution in [0, 0.1) is 18.3 Å². The van der Waals surface area contributed by atoms with Crippen LogP contribution in [0.1, 0.15) is 36.8 Å². The highest BCUT2D eigenvalue weighted by atomic mass is 15.1. The van der Waals surface area contributed by atoms with Crippen LogP contribution >= 0.6 is 0 Å². The van der Waals surface area contributed by atoms with Gasteiger partial charge in [0.25, 0.3) is 0 Å². The molecule has 2 heteroatoms. The van der Waals surface area contributed by atoms with Gasteiger partial charge in [0.1, 0.15) is 0 Å². The van der Waals surface area contributed by atoms with Crippen LogP contribution in [-0.4, -0.2) is 17.8 Å². The van der Waals surface area contributed by atoms with Crippen molar-refractivity contribution < 1.29 is 0 Å². The van der Waals surface area contributed by atoms with Crippen LogP contribution in [0.2, 0.25) is 0 Å². The van der Waals surface area contributed by atoms with Gasteiger partial charge in [0, 0.05) is 19.5 Å². The first kappa shape index (κ1) is 12.2. The lowest BCUT2D eigenvalue weighted by atomic mass is 10.1. The van der Waals surface area contributed by atoms with Gasteiger partial charge in [0.15, 0.2) is 0 Å². The van der Waals surface area contributed by atoms with Crippen LogP contribution < -0.4 is 0 Å². The van der Waals surface area contributed by atoms with Crippen molar-refractivity contribution in [3.05, 3.63) is 35.4 Å². The van der Waals surface area contributed by atoms with Crippen LogP contribution in [0.5, 0.6) is 0 Å². The van der Waals surface area contributed by atoms with Gasteiger partial charge >= 0.3 is 0 Å². The Morgan fingerprint density at radius 1 is 1.35 bits per heavy atom. The molecule has 0 aromatic heterocycles. The van der Waals surface area contributed by atoms with E-state index in [2.05, 4.69) is 36.1 Å². The third kappa shape index (κ3) is 3.09. The van der Waals surface area contributed by atoms with E-state index in [0.29, 0.717) is 5.92 Å². The standard InChI is InChI=1S/C15H22N2/c1-12-6-5-7-13(10-12)11-17(2)15(16)14-8-3-4-9-14/h5-7,10,14,16H,3-4,8-9,11H2,1-2H3. The molecule has 0 heterocycles. The molecule has 2 nitrogen and oxygen atoms in total. The molecule has 2 rings (SSSR count). The van der Waals surface area contributed by atoms with Gasteiger partial charge in [-0.25, -0.2) is 0 Å². The van der Waals surface area contributed by atoms with Crippen molar-refractivity contribution in [2.75, 3.05) is 7.05 Å². The van der Waals surface area contributed by atoms with Crippen molar-refractivity contribution in [1.82, 2.24) is 4.90 Å². The molecule has 92 valence electrons. The van der Waals surface area contributed by atoms with Gasteiger partial charge < -0.3 is 4.90 Å². The van der Waals surface area contributed by atoms with Gasteiger partial charge in [-0.1, -0.05) is 42.7 Å². The molecule has 0 aliphatic heterocycles. The number of hydrogen-bond donors (Lipinski definition) is 1. The first-order valence-electron chi connectivity index (χ1n) is 6.52. The summed E-state index contributed by atoms with van der Waals surface area (Å²) in [5.74, 6) is 1.33. The zero-order valence-electron chi connectivity index (χ0n) is 10.9. The fourth-order valence-corrected chi connectivity index (χ4v) is 2.68. The van der Waals surface area contributed by atoms with Gasteiger partial charge in [-0.15, -0.1) is 0 Å². The molecule has 1 aromatic rings. The smallest absolute Gasteiger partial charge is 0.0989 e. The summed E-state index contributed by atoms with van der Waals surface area (Å²) in [5, 5.41) is 8.22. The second-order valence-corrected chi connectivity index (χ2v) is 5.21. The fraction of sp³-hybridized carbons (Fsp3) is 0.533. The van der Waals surface area contributed by atoms with Crippen molar-refractivity contribution in [2.45, 2.75) is 39.2 Å². The number of rotatable bonds is 3. The lowest BCUT2D eigenvalue weighted by Crippen LogP contribution is -2.30. The molecule has 0 amide bonds. The molecule has 0 radical (unpaired) electrons. The first-order chi connectivity index (χ1) is 8.16. The Bertz CT molecular complexity index is 392. The van der Waals surface area contributed by atoms with Crippen LogP contribution in [0.25, 0.3) is 0 Å². The second-order valence-electron chi connectivity index (χ2n) is 5.21. The molecule has 17 heavy (non-hydrogen) atoms. The van der Waals surface area contributed by atoms with E-state index >= 15 is 0 Å². The zero-order valence-corrected chi connectivity index (χ0v) is 10.9. The van der Waals surface area contributed by atoms with E-state index in [9.17, 15) is 0 Å². The number of benzene rings is 1. The Labute approximate surface area is 104 Å². The maximum Gasteiger partial charge on any atom is 0.0989 e. The van der Waals surface area contributed by atoms with Crippen molar-refractivity contribution in [2.24, 2.45) is 5.92 Å². The second kappa shape index (κ2) is 5.35. The predicted octanol–water partition coefficient (Wildman–Crippen LogP) is 3.59. The predicted molar refractivity (Wildman–Crippen MR) is 72.3 cm³/mol. The van der Waals surface area contributed by atoms with Crippen LogP contribution in [0.15, 0.2) is 24.3 Å². The van der Waals surface area contributed by atoms with E-state index in [-0.39, 0.29) is 0 Å². The Morgan fingerprint density at radius 2 is 2.06 bits per heavy atom. The van der Waals surface area contributed by atoms with Crippen molar-refractivity contribution in [3.8, 4) is 0 Å². The Hall–Kier alpha value is -1.31. The van der Waals surface area contributed by atoms with Gasteiger partial charge in [-0.2, -0.15) is 0 Å². The summed E-state index contributed by atoms with van der Waals surface area (Å²) < 4.78 is 0. The minimum absolute atomic E-state index is 0.504. The Morgan fingerprint density at radius 3 is 2.71 bits per heavy atom.